The first-order chi connectivity index (χ1) is 2.81. The molecule has 30 valence electrons. The predicted octanol–water partition coefficient (Wildman–Crippen LogP) is -0.133. The largest absolute Gasteiger partial charge is 0.753 e. The molecule has 0 fully saturated rings. The van der Waals surface area contributed by atoms with Gasteiger partial charge < -0.3 is 0 Å². The Morgan fingerprint density at radius 1 is 2.00 bits per heavy atom. The summed E-state index contributed by atoms with van der Waals surface area (Å²) in [6.07, 6.45) is 0.799. The van der Waals surface area contributed by atoms with E-state index in [-0.39, 0.29) is 0 Å². The Kier molecular flexibility index (Phi) is 1.86. The summed E-state index contributed by atoms with van der Waals surface area (Å²) in [5, 5.41) is 0. The molecule has 6 heavy (non-hydrogen) atoms. The highest BCUT2D eigenvalue weighted by Gasteiger charge is 2.13. The van der Waals surface area contributed by atoms with Crippen molar-refractivity contribution in [1.29, 1.82) is 0 Å². The van der Waals surface area contributed by atoms with Crippen LogP contribution in [-0.2, 0) is 9.22 Å². The first-order valence-electron chi connectivity index (χ1n) is 1.32. The Morgan fingerprint density at radius 3 is 2.50 bits per heavy atom. The van der Waals surface area contributed by atoms with Crippen LogP contribution in [-0.4, -0.2) is 12.8 Å². The minimum absolute atomic E-state index is 0.616. The SMILES string of the molecule is [CH+]=CC(=O)[O+]=C. The molecule has 0 radical (unpaired) electrons. The number of carbonyl (C=O) groups is 1. The Labute approximate surface area is 35.8 Å². The molecule has 0 rings (SSSR count). The zero-order valence-electron chi connectivity index (χ0n) is 3.18. The molecule has 0 amide bonds. The highest BCUT2D eigenvalue weighted by atomic mass is 16.4. The van der Waals surface area contributed by atoms with Gasteiger partial charge in [0.1, 0.15) is 0 Å². The van der Waals surface area contributed by atoms with Crippen LogP contribution in [0.1, 0.15) is 0 Å². The zero-order chi connectivity index (χ0) is 4.99. The lowest BCUT2D eigenvalue weighted by Gasteiger charge is -1.40. The summed E-state index contributed by atoms with van der Waals surface area (Å²) in [6, 6.07) is 0. The van der Waals surface area contributed by atoms with Gasteiger partial charge in [0.15, 0.2) is 4.79 Å². The van der Waals surface area contributed by atoms with Crippen LogP contribution in [0.5, 0.6) is 0 Å². The van der Waals surface area contributed by atoms with Crippen molar-refractivity contribution in [3.63, 3.8) is 0 Å². The van der Waals surface area contributed by atoms with Gasteiger partial charge in [-0.3, -0.25) is 0 Å². The third-order valence-corrected chi connectivity index (χ3v) is 0.278. The molecule has 0 bridgehead atoms. The molecule has 0 saturated heterocycles. The van der Waals surface area contributed by atoms with E-state index in [1.54, 1.807) is 0 Å². The van der Waals surface area contributed by atoms with E-state index in [9.17, 15) is 4.79 Å². The quantitative estimate of drug-likeness (QED) is 0.247. The van der Waals surface area contributed by atoms with Gasteiger partial charge in [0.25, 0.3) is 0 Å². The zero-order valence-corrected chi connectivity index (χ0v) is 3.18. The molecule has 0 aliphatic carbocycles. The molecule has 0 aromatic heterocycles. The van der Waals surface area contributed by atoms with Gasteiger partial charge in [-0.2, -0.15) is 4.42 Å². The van der Waals surface area contributed by atoms with E-state index in [0.717, 1.165) is 6.08 Å². The lowest BCUT2D eigenvalue weighted by molar-refractivity contribution is -0.361. The van der Waals surface area contributed by atoms with Crippen LogP contribution < -0.4 is 0 Å². The fraction of sp³-hybridized carbons (Fsp3) is 0. The van der Waals surface area contributed by atoms with E-state index in [1.165, 1.54) is 0 Å². The smallest absolute Gasteiger partial charge is 0.193 e. The van der Waals surface area contributed by atoms with Crippen LogP contribution >= 0.6 is 0 Å². The van der Waals surface area contributed by atoms with Crippen molar-refractivity contribution < 1.29 is 9.22 Å². The Bertz CT molecular complexity index is 73.5. The molecule has 0 aliphatic heterocycles. The van der Waals surface area contributed by atoms with Crippen LogP contribution in [0.4, 0.5) is 0 Å². The molecule has 0 aliphatic rings. The highest BCUT2D eigenvalue weighted by Crippen LogP contribution is 1.59. The normalized spacial score (nSPS) is 6.50. The van der Waals surface area contributed by atoms with Crippen molar-refractivity contribution >= 4 is 12.8 Å². The van der Waals surface area contributed by atoms with Gasteiger partial charge in [-0.05, 0) is 0 Å². The standard InChI is InChI=1S/C4H4O2/c1-3-4(5)6-2/h1,3H,2H2/q+2. The van der Waals surface area contributed by atoms with Crippen molar-refractivity contribution in [2.45, 2.75) is 0 Å². The topological polar surface area (TPSA) is 28.4 Å². The highest BCUT2D eigenvalue weighted by molar-refractivity contribution is 5.77. The van der Waals surface area contributed by atoms with E-state index < -0.39 is 5.97 Å². The first-order valence-corrected chi connectivity index (χ1v) is 1.32. The molecule has 0 N–H and O–H groups in total. The molecule has 0 atom stereocenters. The van der Waals surface area contributed by atoms with Crippen LogP contribution in [0.2, 0.25) is 0 Å². The van der Waals surface area contributed by atoms with Gasteiger partial charge >= 0.3 is 12.0 Å². The van der Waals surface area contributed by atoms with Gasteiger partial charge in [-0.15, -0.1) is 0 Å². The van der Waals surface area contributed by atoms with E-state index in [0.29, 0.717) is 0 Å². The molecular formula is C4H4O2+2. The number of rotatable bonds is 1. The predicted molar refractivity (Wildman–Crippen MR) is 21.0 cm³/mol. The van der Waals surface area contributed by atoms with Crippen molar-refractivity contribution in [2.24, 2.45) is 0 Å². The maximum atomic E-state index is 9.72. The molecule has 0 saturated carbocycles. The summed E-state index contributed by atoms with van der Waals surface area (Å²) >= 11 is 0. The number of carbonyl (C=O) groups excluding carboxylic acids is 2. The second-order valence-electron chi connectivity index (χ2n) is 0.630. The van der Waals surface area contributed by atoms with Gasteiger partial charge in [0.2, 0.25) is 6.79 Å². The lowest BCUT2D eigenvalue weighted by atomic mass is 10.7. The van der Waals surface area contributed by atoms with Gasteiger partial charge in [0, 0.05) is 0 Å². The minimum atomic E-state index is -0.616. The monoisotopic (exact) mass is 84.0 g/mol. The third-order valence-electron chi connectivity index (χ3n) is 0.278. The second-order valence-corrected chi connectivity index (χ2v) is 0.630. The maximum Gasteiger partial charge on any atom is 0.753 e. The van der Waals surface area contributed by atoms with Crippen LogP contribution in [0.3, 0.4) is 0 Å². The van der Waals surface area contributed by atoms with E-state index >= 15 is 0 Å². The second kappa shape index (κ2) is 2.24. The lowest BCUT2D eigenvalue weighted by Crippen LogP contribution is -1.86. The van der Waals surface area contributed by atoms with Crippen LogP contribution in [0.25, 0.3) is 0 Å². The van der Waals surface area contributed by atoms with Crippen molar-refractivity contribution in [1.82, 2.24) is 0 Å². The summed E-state index contributed by atoms with van der Waals surface area (Å²) in [5.74, 6) is -0.616. The average molecular weight is 84.1 g/mol. The first kappa shape index (κ1) is 4.99. The van der Waals surface area contributed by atoms with Gasteiger partial charge in [-0.25, -0.2) is 0 Å². The molecule has 2 nitrogen and oxygen atoms in total. The summed E-state index contributed by atoms with van der Waals surface area (Å²) in [4.78, 5) is 9.72. The molecule has 0 aromatic carbocycles. The van der Waals surface area contributed by atoms with Gasteiger partial charge in [-0.1, -0.05) is 0 Å². The fourth-order valence-electron chi connectivity index (χ4n) is 0.0481. The van der Waals surface area contributed by atoms with Gasteiger partial charge in [0.05, 0.1) is 6.58 Å². The molecule has 0 unspecified atom stereocenters. The minimum Gasteiger partial charge on any atom is -0.193 e. The average Bonchev–Trinajstić information content (AvgIpc) is 1.65. The summed E-state index contributed by atoms with van der Waals surface area (Å²) < 4.78 is 3.83. The van der Waals surface area contributed by atoms with E-state index in [2.05, 4.69) is 17.8 Å². The molecular weight excluding hydrogens is 80.0 g/mol. The number of hydrogen-bond acceptors (Lipinski definition) is 1. The summed E-state index contributed by atoms with van der Waals surface area (Å²) in [6.45, 7) is 7.44. The molecule has 2 heteroatoms. The van der Waals surface area contributed by atoms with Crippen molar-refractivity contribution in [3.05, 3.63) is 12.7 Å². The van der Waals surface area contributed by atoms with E-state index in [4.69, 9.17) is 0 Å². The summed E-state index contributed by atoms with van der Waals surface area (Å²) in [7, 11) is 0. The number of hydrogen-bond donors (Lipinski definition) is 0. The van der Waals surface area contributed by atoms with E-state index in [1.807, 2.05) is 0 Å². The molecule has 0 heterocycles. The Balaban J connectivity index is 3.52. The van der Waals surface area contributed by atoms with Crippen molar-refractivity contribution in [2.75, 3.05) is 0 Å². The maximum absolute atomic E-state index is 9.72. The van der Waals surface area contributed by atoms with Crippen molar-refractivity contribution in [3.8, 4) is 0 Å². The summed E-state index contributed by atoms with van der Waals surface area (Å²) in [5.41, 5.74) is 0. The molecule has 0 aromatic rings. The fourth-order valence-corrected chi connectivity index (χ4v) is 0.0481. The van der Waals surface area contributed by atoms with Crippen LogP contribution in [0, 0.1) is 6.58 Å². The van der Waals surface area contributed by atoms with Crippen LogP contribution in [0.15, 0.2) is 6.08 Å². The third kappa shape index (κ3) is 1.32. The Hall–Kier alpha value is -1.01. The Morgan fingerprint density at radius 2 is 2.50 bits per heavy atom. The molecule has 0 spiro atoms.